The second-order valence-electron chi connectivity index (χ2n) is 8.27. The molecule has 4 rings (SSSR count). The average Bonchev–Trinajstić information content (AvgIpc) is 3.46. The monoisotopic (exact) mass is 391 g/mol. The SMILES string of the molecule is CCCCC1CCCCCCC2=NC(=Cc3[nH]c(-c4ccc[nH]4)cc3OC)C=C21. The van der Waals surface area contributed by atoms with Crippen LogP contribution in [0.1, 0.15) is 70.4 Å². The average molecular weight is 392 g/mol. The summed E-state index contributed by atoms with van der Waals surface area (Å²) < 4.78 is 5.62. The molecule has 1 aliphatic carbocycles. The minimum atomic E-state index is 0.665. The summed E-state index contributed by atoms with van der Waals surface area (Å²) in [5.41, 5.74) is 6.94. The van der Waals surface area contributed by atoms with Crippen molar-refractivity contribution in [1.82, 2.24) is 9.97 Å². The fourth-order valence-corrected chi connectivity index (χ4v) is 4.58. The van der Waals surface area contributed by atoms with E-state index in [1.807, 2.05) is 18.3 Å². The van der Waals surface area contributed by atoms with E-state index in [1.165, 1.54) is 62.7 Å². The lowest BCUT2D eigenvalue weighted by Gasteiger charge is -2.18. The Morgan fingerprint density at radius 3 is 2.90 bits per heavy atom. The van der Waals surface area contributed by atoms with Gasteiger partial charge in [0.15, 0.2) is 0 Å². The molecule has 1 aliphatic heterocycles. The third kappa shape index (κ3) is 4.58. The van der Waals surface area contributed by atoms with Gasteiger partial charge in [-0.25, -0.2) is 0 Å². The van der Waals surface area contributed by atoms with Crippen LogP contribution in [0, 0.1) is 5.92 Å². The summed E-state index contributed by atoms with van der Waals surface area (Å²) in [6.07, 6.45) is 18.0. The van der Waals surface area contributed by atoms with Crippen LogP contribution in [0.5, 0.6) is 5.75 Å². The Hall–Kier alpha value is -2.49. The molecule has 4 nitrogen and oxygen atoms in total. The number of unbranched alkanes of at least 4 members (excludes halogenated alkanes) is 1. The van der Waals surface area contributed by atoms with Gasteiger partial charge in [-0.3, -0.25) is 4.99 Å². The summed E-state index contributed by atoms with van der Waals surface area (Å²) >= 11 is 0. The van der Waals surface area contributed by atoms with Gasteiger partial charge in [0.2, 0.25) is 0 Å². The quantitative estimate of drug-likeness (QED) is 0.553. The Labute approximate surface area is 174 Å². The Bertz CT molecular complexity index is 899. The lowest BCUT2D eigenvalue weighted by molar-refractivity contribution is 0.414. The van der Waals surface area contributed by atoms with Crippen molar-refractivity contribution < 1.29 is 4.74 Å². The van der Waals surface area contributed by atoms with Crippen molar-refractivity contribution in [3.8, 4) is 17.1 Å². The maximum atomic E-state index is 5.62. The van der Waals surface area contributed by atoms with Crippen LogP contribution in [0.2, 0.25) is 0 Å². The second-order valence-corrected chi connectivity index (χ2v) is 8.27. The highest BCUT2D eigenvalue weighted by molar-refractivity contribution is 6.04. The molecule has 1 saturated carbocycles. The molecule has 0 spiro atoms. The largest absolute Gasteiger partial charge is 0.494 e. The molecule has 0 amide bonds. The summed E-state index contributed by atoms with van der Waals surface area (Å²) in [6.45, 7) is 2.29. The number of hydrogen-bond acceptors (Lipinski definition) is 2. The van der Waals surface area contributed by atoms with Crippen molar-refractivity contribution >= 4 is 11.8 Å². The minimum absolute atomic E-state index is 0.665. The standard InChI is InChI=1S/C25H33N3O/c1-3-4-10-18-11-7-5-6-8-12-21-20(18)15-19(27-21)16-24-25(29-2)17-23(28-24)22-13-9-14-26-22/h9,13-18,26,28H,3-8,10-12H2,1-2H3. The summed E-state index contributed by atoms with van der Waals surface area (Å²) in [5, 5.41) is 0. The normalized spacial score (nSPS) is 21.2. The summed E-state index contributed by atoms with van der Waals surface area (Å²) in [4.78, 5) is 11.8. The van der Waals surface area contributed by atoms with E-state index in [-0.39, 0.29) is 0 Å². The van der Waals surface area contributed by atoms with Crippen LogP contribution in [-0.2, 0) is 0 Å². The zero-order valence-electron chi connectivity index (χ0n) is 17.8. The molecule has 0 saturated heterocycles. The van der Waals surface area contributed by atoms with E-state index >= 15 is 0 Å². The topological polar surface area (TPSA) is 53.2 Å². The number of aromatic amines is 2. The Morgan fingerprint density at radius 2 is 2.10 bits per heavy atom. The van der Waals surface area contributed by atoms with Crippen LogP contribution in [0.3, 0.4) is 0 Å². The Kier molecular flexibility index (Phi) is 6.38. The lowest BCUT2D eigenvalue weighted by atomic mass is 9.86. The highest BCUT2D eigenvalue weighted by Crippen LogP contribution is 2.35. The number of aliphatic imine (C=N–C) groups is 1. The Balaban J connectivity index is 1.65. The number of nitrogens with zero attached hydrogens (tertiary/aromatic N) is 1. The molecule has 2 aromatic rings. The maximum Gasteiger partial charge on any atom is 0.144 e. The summed E-state index contributed by atoms with van der Waals surface area (Å²) in [6, 6.07) is 6.11. The van der Waals surface area contributed by atoms with Crippen LogP contribution in [0.25, 0.3) is 17.5 Å². The van der Waals surface area contributed by atoms with Crippen LogP contribution in [0.4, 0.5) is 0 Å². The van der Waals surface area contributed by atoms with E-state index in [0.717, 1.165) is 34.9 Å². The van der Waals surface area contributed by atoms with E-state index in [4.69, 9.17) is 9.73 Å². The van der Waals surface area contributed by atoms with Crippen LogP contribution >= 0.6 is 0 Å². The van der Waals surface area contributed by atoms with Gasteiger partial charge < -0.3 is 14.7 Å². The number of ether oxygens (including phenoxy) is 1. The molecule has 0 bridgehead atoms. The van der Waals surface area contributed by atoms with Gasteiger partial charge in [0.1, 0.15) is 5.75 Å². The van der Waals surface area contributed by atoms with Crippen molar-refractivity contribution in [2.45, 2.75) is 64.7 Å². The number of allylic oxidation sites excluding steroid dienone is 2. The van der Waals surface area contributed by atoms with Crippen LogP contribution in [-0.4, -0.2) is 22.8 Å². The minimum Gasteiger partial charge on any atom is -0.494 e. The molecule has 2 aromatic heterocycles. The van der Waals surface area contributed by atoms with Crippen molar-refractivity contribution in [1.29, 1.82) is 0 Å². The number of fused-ring (bicyclic) bond motifs is 1. The molecule has 1 unspecified atom stereocenters. The highest BCUT2D eigenvalue weighted by atomic mass is 16.5. The van der Waals surface area contributed by atoms with Crippen molar-refractivity contribution in [3.63, 3.8) is 0 Å². The molecule has 0 aromatic carbocycles. The van der Waals surface area contributed by atoms with Gasteiger partial charge in [-0.2, -0.15) is 0 Å². The molecule has 0 radical (unpaired) electrons. The molecule has 2 aliphatic rings. The smallest absolute Gasteiger partial charge is 0.144 e. The van der Waals surface area contributed by atoms with Gasteiger partial charge in [-0.1, -0.05) is 39.0 Å². The van der Waals surface area contributed by atoms with E-state index in [0.29, 0.717) is 5.92 Å². The molecule has 3 heterocycles. The van der Waals surface area contributed by atoms with Gasteiger partial charge in [0.25, 0.3) is 0 Å². The molecule has 1 fully saturated rings. The summed E-state index contributed by atoms with van der Waals surface area (Å²) in [5.74, 6) is 1.52. The number of H-pyrrole nitrogens is 2. The fraction of sp³-hybridized carbons (Fsp3) is 0.480. The third-order valence-corrected chi connectivity index (χ3v) is 6.17. The van der Waals surface area contributed by atoms with E-state index < -0.39 is 0 Å². The second kappa shape index (κ2) is 9.34. The number of aromatic nitrogens is 2. The maximum absolute atomic E-state index is 5.62. The first-order valence-corrected chi connectivity index (χ1v) is 11.2. The predicted molar refractivity (Wildman–Crippen MR) is 121 cm³/mol. The number of methoxy groups -OCH3 is 1. The van der Waals surface area contributed by atoms with Crippen LogP contribution < -0.4 is 4.74 Å². The van der Waals surface area contributed by atoms with Gasteiger partial charge in [0, 0.05) is 18.0 Å². The molecule has 4 heteroatoms. The van der Waals surface area contributed by atoms with Gasteiger partial charge >= 0.3 is 0 Å². The molecular formula is C25H33N3O. The Morgan fingerprint density at radius 1 is 1.21 bits per heavy atom. The predicted octanol–water partition coefficient (Wildman–Crippen LogP) is 6.90. The van der Waals surface area contributed by atoms with Crippen molar-refractivity contribution in [2.24, 2.45) is 10.9 Å². The fourth-order valence-electron chi connectivity index (χ4n) is 4.58. The van der Waals surface area contributed by atoms with Crippen molar-refractivity contribution in [3.05, 3.63) is 47.4 Å². The van der Waals surface area contributed by atoms with Gasteiger partial charge in [-0.15, -0.1) is 0 Å². The van der Waals surface area contributed by atoms with Gasteiger partial charge in [-0.05, 0) is 61.5 Å². The molecule has 2 N–H and O–H groups in total. The third-order valence-electron chi connectivity index (χ3n) is 6.17. The van der Waals surface area contributed by atoms with Crippen LogP contribution in [0.15, 0.2) is 46.7 Å². The summed E-state index contributed by atoms with van der Waals surface area (Å²) in [7, 11) is 1.72. The number of rotatable bonds is 6. The van der Waals surface area contributed by atoms with E-state index in [9.17, 15) is 0 Å². The van der Waals surface area contributed by atoms with E-state index in [2.05, 4.69) is 35.1 Å². The number of hydrogen-bond donors (Lipinski definition) is 2. The number of nitrogens with one attached hydrogen (secondary N) is 2. The van der Waals surface area contributed by atoms with Gasteiger partial charge in [0.05, 0.1) is 29.9 Å². The molecule has 1 atom stereocenters. The first kappa shape index (κ1) is 19.8. The van der Waals surface area contributed by atoms with Crippen molar-refractivity contribution in [2.75, 3.05) is 7.11 Å². The lowest BCUT2D eigenvalue weighted by Crippen LogP contribution is -2.11. The zero-order chi connectivity index (χ0) is 20.1. The zero-order valence-corrected chi connectivity index (χ0v) is 17.8. The molecule has 29 heavy (non-hydrogen) atoms. The first-order chi connectivity index (χ1) is 14.3. The highest BCUT2D eigenvalue weighted by Gasteiger charge is 2.24. The van der Waals surface area contributed by atoms with E-state index in [1.54, 1.807) is 7.11 Å². The molecule has 154 valence electrons. The first-order valence-electron chi connectivity index (χ1n) is 11.2. The molecular weight excluding hydrogens is 358 g/mol.